The van der Waals surface area contributed by atoms with E-state index in [1.54, 1.807) is 0 Å². The fraction of sp³-hybridized carbons (Fsp3) is 0.240. The molecule has 0 radical (unpaired) electrons. The summed E-state index contributed by atoms with van der Waals surface area (Å²) >= 11 is 1.43. The van der Waals surface area contributed by atoms with Gasteiger partial charge in [-0.05, 0) is 36.1 Å². The Morgan fingerprint density at radius 1 is 1.03 bits per heavy atom. The lowest BCUT2D eigenvalue weighted by Gasteiger charge is -2.34. The number of nitrogens with zero attached hydrogens (tertiary/aromatic N) is 1. The molecule has 1 saturated heterocycles. The summed E-state index contributed by atoms with van der Waals surface area (Å²) in [5, 5.41) is 5.98. The van der Waals surface area contributed by atoms with Crippen molar-refractivity contribution in [2.75, 3.05) is 31.6 Å². The minimum absolute atomic E-state index is 0.115. The molecule has 5 nitrogen and oxygen atoms in total. The van der Waals surface area contributed by atoms with E-state index in [9.17, 15) is 4.79 Å². The molecule has 4 aromatic rings. The molecule has 0 aliphatic carbocycles. The van der Waals surface area contributed by atoms with E-state index in [1.165, 1.54) is 16.9 Å². The first-order valence-electron chi connectivity index (χ1n) is 10.5. The van der Waals surface area contributed by atoms with E-state index in [0.29, 0.717) is 18.1 Å². The number of hydrogen-bond donors (Lipinski definition) is 1. The normalized spacial score (nSPS) is 15.8. The van der Waals surface area contributed by atoms with Crippen LogP contribution in [-0.4, -0.2) is 37.1 Å². The van der Waals surface area contributed by atoms with Crippen molar-refractivity contribution in [3.8, 4) is 0 Å². The Morgan fingerprint density at radius 2 is 1.81 bits per heavy atom. The van der Waals surface area contributed by atoms with Crippen molar-refractivity contribution >= 4 is 33.9 Å². The molecular formula is C25H24N2O3S. The summed E-state index contributed by atoms with van der Waals surface area (Å²) in [6.45, 7) is 5.04. The monoisotopic (exact) mass is 432 g/mol. The van der Waals surface area contributed by atoms with Crippen LogP contribution in [0.2, 0.25) is 0 Å². The minimum atomic E-state index is -0.118. The number of carbonyl (C=O) groups is 1. The Kier molecular flexibility index (Phi) is 5.59. The average Bonchev–Trinajstić information content (AvgIpc) is 3.45. The van der Waals surface area contributed by atoms with Gasteiger partial charge in [0.25, 0.3) is 5.91 Å². The van der Waals surface area contributed by atoms with Gasteiger partial charge in [-0.2, -0.15) is 0 Å². The molecule has 3 heterocycles. The average molecular weight is 433 g/mol. The number of furan rings is 1. The van der Waals surface area contributed by atoms with Gasteiger partial charge in [0.1, 0.15) is 11.3 Å². The molecule has 6 heteroatoms. The third-order valence-electron chi connectivity index (χ3n) is 5.66. The van der Waals surface area contributed by atoms with Crippen molar-refractivity contribution in [2.24, 2.45) is 0 Å². The highest BCUT2D eigenvalue weighted by molar-refractivity contribution is 7.12. The first kappa shape index (κ1) is 20.0. The van der Waals surface area contributed by atoms with Crippen LogP contribution in [0.1, 0.15) is 32.6 Å². The highest BCUT2D eigenvalue weighted by atomic mass is 32.1. The standard InChI is InChI=1S/C25H24N2O3S/c1-17-8-10-18(11-9-17)23(27-12-14-29-15-13-27)24-22(19-5-2-3-6-20(19)30-24)26-25(28)21-7-4-16-31-21/h2-11,16,23H,12-15H2,1H3,(H,26,28)/t23-/m1/s1. The number of benzene rings is 2. The van der Waals surface area contributed by atoms with Crippen molar-refractivity contribution in [2.45, 2.75) is 13.0 Å². The number of nitrogens with one attached hydrogen (secondary N) is 1. The topological polar surface area (TPSA) is 54.7 Å². The summed E-state index contributed by atoms with van der Waals surface area (Å²) < 4.78 is 12.0. The van der Waals surface area contributed by atoms with Gasteiger partial charge < -0.3 is 14.5 Å². The van der Waals surface area contributed by atoms with Gasteiger partial charge in [-0.15, -0.1) is 11.3 Å². The molecule has 31 heavy (non-hydrogen) atoms. The van der Waals surface area contributed by atoms with Gasteiger partial charge >= 0.3 is 0 Å². The number of carbonyl (C=O) groups excluding carboxylic acids is 1. The van der Waals surface area contributed by atoms with Crippen LogP contribution in [0.25, 0.3) is 11.0 Å². The lowest BCUT2D eigenvalue weighted by Crippen LogP contribution is -2.39. The smallest absolute Gasteiger partial charge is 0.265 e. The fourth-order valence-corrected chi connectivity index (χ4v) is 4.70. The molecule has 1 fully saturated rings. The molecule has 1 aliphatic heterocycles. The van der Waals surface area contributed by atoms with Crippen LogP contribution >= 0.6 is 11.3 Å². The number of anilines is 1. The summed E-state index contributed by atoms with van der Waals surface area (Å²) in [6.07, 6.45) is 0. The van der Waals surface area contributed by atoms with Crippen LogP contribution in [0.3, 0.4) is 0 Å². The Balaban J connectivity index is 1.64. The lowest BCUT2D eigenvalue weighted by molar-refractivity contribution is 0.0206. The zero-order valence-corrected chi connectivity index (χ0v) is 18.2. The first-order valence-corrected chi connectivity index (χ1v) is 11.3. The second-order valence-electron chi connectivity index (χ2n) is 7.73. The second kappa shape index (κ2) is 8.67. The Bertz CT molecular complexity index is 1180. The van der Waals surface area contributed by atoms with Crippen molar-refractivity contribution in [1.82, 2.24) is 4.90 Å². The van der Waals surface area contributed by atoms with Crippen LogP contribution in [0.15, 0.2) is 70.5 Å². The molecule has 0 bridgehead atoms. The van der Waals surface area contributed by atoms with Crippen LogP contribution in [0.5, 0.6) is 0 Å². The number of aryl methyl sites for hydroxylation is 1. The van der Waals surface area contributed by atoms with Crippen LogP contribution in [-0.2, 0) is 4.74 Å². The molecule has 1 atom stereocenters. The summed E-state index contributed by atoms with van der Waals surface area (Å²) in [4.78, 5) is 16.0. The molecule has 0 unspecified atom stereocenters. The van der Waals surface area contributed by atoms with Crippen molar-refractivity contribution in [1.29, 1.82) is 0 Å². The molecule has 2 aromatic carbocycles. The zero-order chi connectivity index (χ0) is 21.2. The molecule has 0 saturated carbocycles. The zero-order valence-electron chi connectivity index (χ0n) is 17.3. The molecule has 1 aliphatic rings. The number of amides is 1. The molecule has 2 aromatic heterocycles. The maximum absolute atomic E-state index is 13.0. The SMILES string of the molecule is Cc1ccc([C@H](c2oc3ccccc3c2NC(=O)c2cccs2)N2CCOCC2)cc1. The maximum Gasteiger partial charge on any atom is 0.265 e. The third-order valence-corrected chi connectivity index (χ3v) is 6.53. The number of thiophene rings is 1. The highest BCUT2D eigenvalue weighted by Crippen LogP contribution is 2.41. The van der Waals surface area contributed by atoms with Gasteiger partial charge in [-0.1, -0.05) is 48.0 Å². The third kappa shape index (κ3) is 4.02. The molecule has 1 amide bonds. The van der Waals surface area contributed by atoms with Gasteiger partial charge in [0, 0.05) is 18.5 Å². The molecule has 158 valence electrons. The van der Waals surface area contributed by atoms with Crippen LogP contribution < -0.4 is 5.32 Å². The highest BCUT2D eigenvalue weighted by Gasteiger charge is 2.31. The largest absolute Gasteiger partial charge is 0.457 e. The van der Waals surface area contributed by atoms with Crippen molar-refractivity contribution < 1.29 is 13.9 Å². The molecule has 5 rings (SSSR count). The second-order valence-corrected chi connectivity index (χ2v) is 8.68. The quantitative estimate of drug-likeness (QED) is 0.454. The van der Waals surface area contributed by atoms with Crippen molar-refractivity contribution in [3.63, 3.8) is 0 Å². The molecule has 0 spiro atoms. The van der Waals surface area contributed by atoms with Gasteiger partial charge in [-0.25, -0.2) is 0 Å². The van der Waals surface area contributed by atoms with E-state index in [1.807, 2.05) is 41.8 Å². The first-order chi connectivity index (χ1) is 15.2. The Morgan fingerprint density at radius 3 is 2.55 bits per heavy atom. The minimum Gasteiger partial charge on any atom is -0.457 e. The summed E-state index contributed by atoms with van der Waals surface area (Å²) in [7, 11) is 0. The van der Waals surface area contributed by atoms with Crippen LogP contribution in [0.4, 0.5) is 5.69 Å². The number of fused-ring (bicyclic) bond motifs is 1. The van der Waals surface area contributed by atoms with Gasteiger partial charge in [0.15, 0.2) is 0 Å². The molecule has 1 N–H and O–H groups in total. The van der Waals surface area contributed by atoms with E-state index in [4.69, 9.17) is 9.15 Å². The van der Waals surface area contributed by atoms with E-state index in [-0.39, 0.29) is 11.9 Å². The van der Waals surface area contributed by atoms with E-state index >= 15 is 0 Å². The summed E-state index contributed by atoms with van der Waals surface area (Å²) in [6, 6.07) is 20.0. The van der Waals surface area contributed by atoms with E-state index < -0.39 is 0 Å². The van der Waals surface area contributed by atoms with Gasteiger partial charge in [0.05, 0.1) is 29.8 Å². The predicted octanol–water partition coefficient (Wildman–Crippen LogP) is 5.48. The lowest BCUT2D eigenvalue weighted by atomic mass is 9.99. The number of hydrogen-bond acceptors (Lipinski definition) is 5. The number of rotatable bonds is 5. The van der Waals surface area contributed by atoms with Gasteiger partial charge in [0.2, 0.25) is 0 Å². The Labute approximate surface area is 185 Å². The number of para-hydroxylation sites is 1. The van der Waals surface area contributed by atoms with E-state index in [2.05, 4.69) is 41.4 Å². The number of morpholine rings is 1. The Hall–Kier alpha value is -2.93. The van der Waals surface area contributed by atoms with Crippen LogP contribution in [0, 0.1) is 6.92 Å². The maximum atomic E-state index is 13.0. The molecular weight excluding hydrogens is 408 g/mol. The predicted molar refractivity (Wildman–Crippen MR) is 124 cm³/mol. The fourth-order valence-electron chi connectivity index (χ4n) is 4.08. The van der Waals surface area contributed by atoms with Crippen molar-refractivity contribution in [3.05, 3.63) is 87.8 Å². The number of ether oxygens (including phenoxy) is 1. The summed E-state index contributed by atoms with van der Waals surface area (Å²) in [5.74, 6) is 0.643. The summed E-state index contributed by atoms with van der Waals surface area (Å²) in [5.41, 5.74) is 3.86. The van der Waals surface area contributed by atoms with E-state index in [0.717, 1.165) is 41.1 Å². The van der Waals surface area contributed by atoms with Gasteiger partial charge in [-0.3, -0.25) is 9.69 Å².